The van der Waals surface area contributed by atoms with Crippen LogP contribution in [0.25, 0.3) is 0 Å². The Morgan fingerprint density at radius 2 is 2.00 bits per heavy atom. The molecule has 1 saturated heterocycles. The van der Waals surface area contributed by atoms with Gasteiger partial charge in [0, 0.05) is 31.7 Å². The van der Waals surface area contributed by atoms with Gasteiger partial charge in [0.1, 0.15) is 0 Å². The number of carboxylic acid groups (broad SMARTS) is 1. The summed E-state index contributed by atoms with van der Waals surface area (Å²) in [5, 5.41) is 11.9. The van der Waals surface area contributed by atoms with Gasteiger partial charge in [-0.2, -0.15) is 0 Å². The van der Waals surface area contributed by atoms with Gasteiger partial charge in [0.05, 0.1) is 5.92 Å². The second-order valence-electron chi connectivity index (χ2n) is 5.80. The Labute approximate surface area is 113 Å². The van der Waals surface area contributed by atoms with E-state index >= 15 is 0 Å². The number of hydrogen-bond acceptors (Lipinski definition) is 3. The van der Waals surface area contributed by atoms with Crippen molar-refractivity contribution in [1.82, 2.24) is 15.1 Å². The molecule has 6 nitrogen and oxygen atoms in total. The minimum absolute atomic E-state index is 0.0143. The van der Waals surface area contributed by atoms with Crippen molar-refractivity contribution in [3.05, 3.63) is 0 Å². The Morgan fingerprint density at radius 3 is 2.58 bits per heavy atom. The molecular formula is C13H23N3O3. The first-order chi connectivity index (χ1) is 8.97. The van der Waals surface area contributed by atoms with Crippen LogP contribution in [0.1, 0.15) is 26.2 Å². The first kappa shape index (κ1) is 14.1. The van der Waals surface area contributed by atoms with E-state index in [0.29, 0.717) is 12.8 Å². The summed E-state index contributed by atoms with van der Waals surface area (Å²) >= 11 is 0. The van der Waals surface area contributed by atoms with Gasteiger partial charge in [0.2, 0.25) is 0 Å². The van der Waals surface area contributed by atoms with Crippen LogP contribution in [0.15, 0.2) is 0 Å². The maximum absolute atomic E-state index is 12.2. The standard InChI is InChI=1S/C13H23N3O3/c1-9-8-15(2)5-6-16(9)13(19)14-11-4-3-10(7-11)12(17)18/h9-11H,3-8H2,1-2H3,(H,14,19)(H,17,18). The molecule has 6 heteroatoms. The van der Waals surface area contributed by atoms with E-state index in [2.05, 4.69) is 17.3 Å². The molecule has 108 valence electrons. The van der Waals surface area contributed by atoms with E-state index in [1.807, 2.05) is 11.8 Å². The van der Waals surface area contributed by atoms with Crippen LogP contribution in [0.4, 0.5) is 4.79 Å². The van der Waals surface area contributed by atoms with Gasteiger partial charge in [-0.05, 0) is 33.2 Å². The average molecular weight is 269 g/mol. The van der Waals surface area contributed by atoms with Crippen molar-refractivity contribution in [3.63, 3.8) is 0 Å². The fourth-order valence-electron chi connectivity index (χ4n) is 3.04. The molecular weight excluding hydrogens is 246 g/mol. The van der Waals surface area contributed by atoms with Crippen LogP contribution < -0.4 is 5.32 Å². The maximum Gasteiger partial charge on any atom is 0.317 e. The topological polar surface area (TPSA) is 72.9 Å². The van der Waals surface area contributed by atoms with Crippen LogP contribution in [-0.4, -0.2) is 65.7 Å². The zero-order valence-electron chi connectivity index (χ0n) is 11.6. The quantitative estimate of drug-likeness (QED) is 0.769. The molecule has 2 fully saturated rings. The predicted octanol–water partition coefficient (Wildman–Crippen LogP) is 0.585. The van der Waals surface area contributed by atoms with Gasteiger partial charge >= 0.3 is 12.0 Å². The first-order valence-corrected chi connectivity index (χ1v) is 6.96. The number of carboxylic acids is 1. The van der Waals surface area contributed by atoms with E-state index in [1.54, 1.807) is 0 Å². The minimum Gasteiger partial charge on any atom is -0.481 e. The Morgan fingerprint density at radius 1 is 1.26 bits per heavy atom. The van der Waals surface area contributed by atoms with Crippen molar-refractivity contribution < 1.29 is 14.7 Å². The van der Waals surface area contributed by atoms with E-state index < -0.39 is 5.97 Å². The molecule has 19 heavy (non-hydrogen) atoms. The molecule has 0 aromatic carbocycles. The number of aliphatic carboxylic acids is 1. The lowest BCUT2D eigenvalue weighted by Gasteiger charge is -2.38. The number of carbonyl (C=O) groups excluding carboxylic acids is 1. The minimum atomic E-state index is -0.746. The number of carbonyl (C=O) groups is 2. The van der Waals surface area contributed by atoms with Crippen LogP contribution in [-0.2, 0) is 4.79 Å². The predicted molar refractivity (Wildman–Crippen MR) is 71.0 cm³/mol. The average Bonchev–Trinajstić information content (AvgIpc) is 2.77. The highest BCUT2D eigenvalue weighted by atomic mass is 16.4. The second-order valence-corrected chi connectivity index (χ2v) is 5.80. The third kappa shape index (κ3) is 3.37. The highest BCUT2D eigenvalue weighted by molar-refractivity contribution is 5.75. The fraction of sp³-hybridized carbons (Fsp3) is 0.846. The molecule has 0 radical (unpaired) electrons. The lowest BCUT2D eigenvalue weighted by atomic mass is 10.1. The molecule has 2 amide bonds. The van der Waals surface area contributed by atoms with Crippen molar-refractivity contribution in [1.29, 1.82) is 0 Å². The molecule has 2 rings (SSSR count). The van der Waals surface area contributed by atoms with E-state index in [4.69, 9.17) is 5.11 Å². The molecule has 3 unspecified atom stereocenters. The van der Waals surface area contributed by atoms with Crippen LogP contribution in [0.2, 0.25) is 0 Å². The van der Waals surface area contributed by atoms with Gasteiger partial charge in [0.25, 0.3) is 0 Å². The van der Waals surface area contributed by atoms with E-state index in [9.17, 15) is 9.59 Å². The summed E-state index contributed by atoms with van der Waals surface area (Å²) in [4.78, 5) is 27.2. The summed E-state index contributed by atoms with van der Waals surface area (Å²) < 4.78 is 0. The van der Waals surface area contributed by atoms with Crippen molar-refractivity contribution in [2.75, 3.05) is 26.7 Å². The van der Waals surface area contributed by atoms with Crippen LogP contribution >= 0.6 is 0 Å². The van der Waals surface area contributed by atoms with Crippen molar-refractivity contribution >= 4 is 12.0 Å². The summed E-state index contributed by atoms with van der Waals surface area (Å²) in [6.45, 7) is 4.55. The Kier molecular flexibility index (Phi) is 4.29. The third-order valence-corrected chi connectivity index (χ3v) is 4.20. The molecule has 1 saturated carbocycles. The van der Waals surface area contributed by atoms with Crippen molar-refractivity contribution in [2.24, 2.45) is 5.92 Å². The van der Waals surface area contributed by atoms with E-state index in [0.717, 1.165) is 26.1 Å². The van der Waals surface area contributed by atoms with Gasteiger partial charge in [-0.1, -0.05) is 0 Å². The smallest absolute Gasteiger partial charge is 0.317 e. The number of nitrogens with one attached hydrogen (secondary N) is 1. The summed E-state index contributed by atoms with van der Waals surface area (Å²) in [6.07, 6.45) is 1.99. The lowest BCUT2D eigenvalue weighted by molar-refractivity contribution is -0.141. The molecule has 3 atom stereocenters. The molecule has 1 aliphatic carbocycles. The second kappa shape index (κ2) is 5.77. The summed E-state index contributed by atoms with van der Waals surface area (Å²) in [7, 11) is 2.06. The van der Waals surface area contributed by atoms with Gasteiger partial charge in [0.15, 0.2) is 0 Å². The van der Waals surface area contributed by atoms with Crippen LogP contribution in [0, 0.1) is 5.92 Å². The number of piperazine rings is 1. The number of amides is 2. The van der Waals surface area contributed by atoms with Gasteiger partial charge in [-0.3, -0.25) is 4.79 Å². The lowest BCUT2D eigenvalue weighted by Crippen LogP contribution is -2.56. The fourth-order valence-corrected chi connectivity index (χ4v) is 3.04. The van der Waals surface area contributed by atoms with Gasteiger partial charge in [-0.25, -0.2) is 4.79 Å². The molecule has 0 bridgehead atoms. The summed E-state index contributed by atoms with van der Waals surface area (Å²) in [6, 6.07) is 0.174. The summed E-state index contributed by atoms with van der Waals surface area (Å²) in [5.41, 5.74) is 0. The Balaban J connectivity index is 1.83. The number of rotatable bonds is 2. The number of hydrogen-bond donors (Lipinski definition) is 2. The highest BCUT2D eigenvalue weighted by Crippen LogP contribution is 2.26. The molecule has 2 N–H and O–H groups in total. The largest absolute Gasteiger partial charge is 0.481 e. The van der Waals surface area contributed by atoms with Crippen molar-refractivity contribution in [3.8, 4) is 0 Å². The zero-order valence-corrected chi connectivity index (χ0v) is 11.6. The highest BCUT2D eigenvalue weighted by Gasteiger charge is 2.33. The van der Waals surface area contributed by atoms with Crippen LogP contribution in [0.3, 0.4) is 0 Å². The van der Waals surface area contributed by atoms with E-state index in [1.165, 1.54) is 0 Å². The van der Waals surface area contributed by atoms with Gasteiger partial charge in [-0.15, -0.1) is 0 Å². The Hall–Kier alpha value is -1.30. The molecule has 0 aromatic rings. The number of urea groups is 1. The molecule has 0 aromatic heterocycles. The Bertz CT molecular complexity index is 361. The van der Waals surface area contributed by atoms with Gasteiger partial charge < -0.3 is 20.2 Å². The molecule has 0 spiro atoms. The normalized spacial score (nSPS) is 32.3. The van der Waals surface area contributed by atoms with Crippen LogP contribution in [0.5, 0.6) is 0 Å². The third-order valence-electron chi connectivity index (χ3n) is 4.20. The van der Waals surface area contributed by atoms with Crippen molar-refractivity contribution in [2.45, 2.75) is 38.3 Å². The molecule has 1 aliphatic heterocycles. The monoisotopic (exact) mass is 269 g/mol. The number of nitrogens with zero attached hydrogens (tertiary/aromatic N) is 2. The zero-order chi connectivity index (χ0) is 14.0. The van der Waals surface area contributed by atoms with E-state index in [-0.39, 0.29) is 24.0 Å². The molecule has 2 aliphatic rings. The summed E-state index contributed by atoms with van der Waals surface area (Å²) in [5.74, 6) is -1.04. The number of likely N-dealkylation sites (N-methyl/N-ethyl adjacent to an activating group) is 1. The maximum atomic E-state index is 12.2. The SMILES string of the molecule is CC1CN(C)CCN1C(=O)NC1CCC(C(=O)O)C1. The first-order valence-electron chi connectivity index (χ1n) is 6.96. The molecule has 1 heterocycles.